The van der Waals surface area contributed by atoms with Crippen molar-refractivity contribution in [2.24, 2.45) is 23.5 Å². The van der Waals surface area contributed by atoms with E-state index in [1.54, 1.807) is 0 Å². The molecule has 0 aromatic heterocycles. The van der Waals surface area contributed by atoms with E-state index in [0.717, 1.165) is 30.6 Å². The van der Waals surface area contributed by atoms with E-state index in [4.69, 9.17) is 5.73 Å². The first kappa shape index (κ1) is 25.1. The van der Waals surface area contributed by atoms with Gasteiger partial charge in [-0.05, 0) is 57.3 Å². The van der Waals surface area contributed by atoms with Gasteiger partial charge in [0.1, 0.15) is 0 Å². The Morgan fingerprint density at radius 3 is 1.72 bits per heavy atom. The summed E-state index contributed by atoms with van der Waals surface area (Å²) in [7, 11) is 3.59. The smallest absolute Gasteiger partial charge is 0.0126 e. The zero-order valence-corrected chi connectivity index (χ0v) is 19.3. The minimum Gasteiger partial charge on any atom is -0.325 e. The highest BCUT2D eigenvalue weighted by molar-refractivity contribution is 7.20. The summed E-state index contributed by atoms with van der Waals surface area (Å²) < 4.78 is 0. The fraction of sp³-hybridized carbons (Fsp3) is 0.957. The van der Waals surface area contributed by atoms with Crippen LogP contribution < -0.4 is 5.73 Å². The number of hydrogen-bond acceptors (Lipinski definition) is 1. The molecule has 0 spiro atoms. The molecule has 0 rings (SSSR count). The van der Waals surface area contributed by atoms with E-state index in [9.17, 15) is 0 Å². The fourth-order valence-electron chi connectivity index (χ4n) is 3.71. The van der Waals surface area contributed by atoms with Crippen molar-refractivity contribution in [2.75, 3.05) is 0 Å². The number of rotatable bonds is 16. The van der Waals surface area contributed by atoms with Gasteiger partial charge < -0.3 is 5.73 Å². The maximum Gasteiger partial charge on any atom is 0.0126 e. The average Bonchev–Trinajstić information content (AvgIpc) is 2.45. The van der Waals surface area contributed by atoms with Gasteiger partial charge in [0.25, 0.3) is 0 Å². The molecule has 3 atom stereocenters. The highest BCUT2D eigenvalue weighted by Crippen LogP contribution is 2.24. The molecule has 0 bridgehead atoms. The van der Waals surface area contributed by atoms with Crippen molar-refractivity contribution in [1.29, 1.82) is 0 Å². The maximum absolute atomic E-state index is 6.47. The summed E-state index contributed by atoms with van der Waals surface area (Å²) in [6.07, 6.45) is 15.7. The molecule has 0 saturated heterocycles. The van der Waals surface area contributed by atoms with Crippen molar-refractivity contribution in [2.45, 2.75) is 124 Å². The van der Waals surface area contributed by atoms with Crippen LogP contribution in [0.15, 0.2) is 0 Å². The monoisotopic (exact) mass is 369 g/mol. The zero-order chi connectivity index (χ0) is 19.3. The lowest BCUT2D eigenvalue weighted by Crippen LogP contribution is -2.36. The molecule has 150 valence electrons. The number of nitrogens with two attached hydrogens (primary N) is 1. The van der Waals surface area contributed by atoms with E-state index < -0.39 is 0 Å². The topological polar surface area (TPSA) is 26.0 Å². The first-order valence-electron chi connectivity index (χ1n) is 10.9. The Morgan fingerprint density at radius 2 is 1.24 bits per heavy atom. The van der Waals surface area contributed by atoms with E-state index in [0.29, 0.717) is 0 Å². The minimum absolute atomic E-state index is 0.0202. The molecule has 1 nitrogen and oxygen atoms in total. The minimum atomic E-state index is 0.0202. The first-order valence-corrected chi connectivity index (χ1v) is 11.4. The van der Waals surface area contributed by atoms with Gasteiger partial charge in [-0.15, -0.1) is 8.86 Å². The summed E-state index contributed by atoms with van der Waals surface area (Å²) in [6, 6.07) is 0. The Labute approximate surface area is 162 Å². The molecule has 0 aromatic carbocycles. The maximum atomic E-state index is 6.47. The molecule has 0 aliphatic rings. The lowest BCUT2D eigenvalue weighted by atomic mass is 9.87. The molecule has 1 unspecified atom stereocenters. The van der Waals surface area contributed by atoms with Gasteiger partial charge in [-0.25, -0.2) is 0 Å². The molecule has 25 heavy (non-hydrogen) atoms. The highest BCUT2D eigenvalue weighted by atomic mass is 31.0. The van der Waals surface area contributed by atoms with Crippen molar-refractivity contribution < 1.29 is 0 Å². The molecular formula is C23H48NP. The predicted molar refractivity (Wildman–Crippen MR) is 120 cm³/mol. The zero-order valence-electron chi connectivity index (χ0n) is 18.3. The second kappa shape index (κ2) is 14.2. The van der Waals surface area contributed by atoms with Gasteiger partial charge in [-0.3, -0.25) is 0 Å². The van der Waals surface area contributed by atoms with Crippen LogP contribution in [-0.4, -0.2) is 10.8 Å². The second-order valence-corrected chi connectivity index (χ2v) is 10.5. The van der Waals surface area contributed by atoms with Gasteiger partial charge in [0.2, 0.25) is 0 Å². The molecule has 0 radical (unpaired) electrons. The van der Waals surface area contributed by atoms with Gasteiger partial charge in [-0.2, -0.15) is 0 Å². The first-order chi connectivity index (χ1) is 11.6. The fourth-order valence-corrected chi connectivity index (χ4v) is 3.89. The van der Waals surface area contributed by atoms with Crippen molar-refractivity contribution in [3.05, 3.63) is 0 Å². The Bertz CT molecular complexity index is 335. The third-order valence-corrected chi connectivity index (χ3v) is 5.87. The van der Waals surface area contributed by atoms with Crippen LogP contribution in [0.1, 0.15) is 119 Å². The van der Waals surface area contributed by atoms with Crippen LogP contribution >= 0.6 is 8.86 Å². The normalized spacial score (nSPS) is 16.6. The van der Waals surface area contributed by atoms with E-state index in [2.05, 4.69) is 50.4 Å². The summed E-state index contributed by atoms with van der Waals surface area (Å²) >= 11 is 0. The van der Waals surface area contributed by atoms with Gasteiger partial charge in [0.15, 0.2) is 0 Å². The Morgan fingerprint density at radius 1 is 0.800 bits per heavy atom. The highest BCUT2D eigenvalue weighted by Gasteiger charge is 2.18. The van der Waals surface area contributed by atoms with Crippen LogP contribution in [0.5, 0.6) is 0 Å². The van der Waals surface area contributed by atoms with Crippen LogP contribution in [0, 0.1) is 17.8 Å². The third-order valence-electron chi connectivity index (χ3n) is 5.62. The lowest BCUT2D eigenvalue weighted by Gasteiger charge is -2.25. The average molecular weight is 370 g/mol. The summed E-state index contributed by atoms with van der Waals surface area (Å²) in [5.41, 5.74) is 6.49. The quantitative estimate of drug-likeness (QED) is 0.278. The second-order valence-electron chi connectivity index (χ2n) is 9.65. The van der Waals surface area contributed by atoms with E-state index in [1.165, 1.54) is 69.5 Å². The summed E-state index contributed by atoms with van der Waals surface area (Å²) in [6.45, 7) is 13.9. The van der Waals surface area contributed by atoms with Crippen molar-refractivity contribution >= 4 is 14.2 Å². The molecule has 0 aromatic rings. The standard InChI is InChI=1S/C23H48NP/c1-19(2)11-7-12-20(3)13-8-14-21(4)15-9-17-23(6,24)18-10-16-22(5)25/h19-21,25H,7-18,24H2,1-6H3/t20-,21-,23?/m1/s1. The third kappa shape index (κ3) is 17.3. The molecule has 2 N–H and O–H groups in total. The summed E-state index contributed by atoms with van der Waals surface area (Å²) in [4.78, 5) is 0. The number of hydrogen-bond donors (Lipinski definition) is 1. The van der Waals surface area contributed by atoms with E-state index in [-0.39, 0.29) is 5.54 Å². The molecule has 0 aliphatic heterocycles. The summed E-state index contributed by atoms with van der Waals surface area (Å²) in [5.74, 6) is 2.63. The van der Waals surface area contributed by atoms with Crippen molar-refractivity contribution in [1.82, 2.24) is 0 Å². The van der Waals surface area contributed by atoms with Gasteiger partial charge in [-0.1, -0.05) is 84.4 Å². The Kier molecular flexibility index (Phi) is 14.3. The van der Waals surface area contributed by atoms with Gasteiger partial charge >= 0.3 is 0 Å². The molecule has 0 heterocycles. The molecule has 2 heteroatoms. The van der Waals surface area contributed by atoms with Gasteiger partial charge in [0, 0.05) is 5.54 Å². The predicted octanol–water partition coefficient (Wildman–Crippen LogP) is 7.65. The molecule has 0 amide bonds. The van der Waals surface area contributed by atoms with Gasteiger partial charge in [0.05, 0.1) is 0 Å². The van der Waals surface area contributed by atoms with Crippen molar-refractivity contribution in [3.63, 3.8) is 0 Å². The molecular weight excluding hydrogens is 321 g/mol. The van der Waals surface area contributed by atoms with Crippen LogP contribution in [0.3, 0.4) is 0 Å². The van der Waals surface area contributed by atoms with Crippen molar-refractivity contribution in [3.8, 4) is 0 Å². The molecule has 0 saturated carbocycles. The van der Waals surface area contributed by atoms with Crippen LogP contribution in [0.4, 0.5) is 0 Å². The molecule has 0 fully saturated rings. The van der Waals surface area contributed by atoms with Crippen LogP contribution in [0.2, 0.25) is 0 Å². The van der Waals surface area contributed by atoms with E-state index in [1.807, 2.05) is 0 Å². The Hall–Kier alpha value is 0.130. The lowest BCUT2D eigenvalue weighted by molar-refractivity contribution is 0.345. The molecule has 0 aliphatic carbocycles. The Balaban J connectivity index is 3.68. The van der Waals surface area contributed by atoms with Crippen LogP contribution in [0.25, 0.3) is 0 Å². The van der Waals surface area contributed by atoms with Crippen LogP contribution in [-0.2, 0) is 0 Å². The SMILES string of the molecule is CC(=P)CCCC(C)(N)CCC[C@H](C)CCC[C@H](C)CCCC(C)C. The summed E-state index contributed by atoms with van der Waals surface area (Å²) in [5, 5.41) is 1.34. The largest absolute Gasteiger partial charge is 0.325 e. The van der Waals surface area contributed by atoms with E-state index >= 15 is 0 Å².